The number of anilines is 2. The molecule has 1 aromatic heterocycles. The van der Waals surface area contributed by atoms with E-state index in [0.717, 1.165) is 6.07 Å². The van der Waals surface area contributed by atoms with Crippen LogP contribution < -0.4 is 9.44 Å². The van der Waals surface area contributed by atoms with Crippen molar-refractivity contribution in [3.8, 4) is 0 Å². The minimum Gasteiger partial charge on any atom is -0.280 e. The number of hydrogen-bond donors (Lipinski definition) is 2. The van der Waals surface area contributed by atoms with Gasteiger partial charge in [0, 0.05) is 29.2 Å². The first-order valence-corrected chi connectivity index (χ1v) is 11.7. The van der Waals surface area contributed by atoms with Gasteiger partial charge in [-0.25, -0.2) is 31.5 Å². The van der Waals surface area contributed by atoms with E-state index >= 15 is 0 Å². The second-order valence-electron chi connectivity index (χ2n) is 6.46. The third-order valence-corrected chi connectivity index (χ3v) is 6.69. The summed E-state index contributed by atoms with van der Waals surface area (Å²) in [6.45, 7) is 3.41. The van der Waals surface area contributed by atoms with Crippen LogP contribution in [0.3, 0.4) is 0 Å². The summed E-state index contributed by atoms with van der Waals surface area (Å²) >= 11 is 0. The zero-order chi connectivity index (χ0) is 22.8. The van der Waals surface area contributed by atoms with Crippen LogP contribution in [0.1, 0.15) is 11.4 Å². The molecule has 1 heterocycles. The molecule has 11 nitrogen and oxygen atoms in total. The van der Waals surface area contributed by atoms with Crippen LogP contribution in [0.5, 0.6) is 0 Å². The van der Waals surface area contributed by atoms with Gasteiger partial charge in [0.1, 0.15) is 0 Å². The van der Waals surface area contributed by atoms with Crippen molar-refractivity contribution in [3.05, 3.63) is 76.1 Å². The third-order valence-electron chi connectivity index (χ3n) is 3.96. The molecule has 0 aliphatic carbocycles. The summed E-state index contributed by atoms with van der Waals surface area (Å²) in [5.74, 6) is -0.0760. The van der Waals surface area contributed by atoms with Crippen LogP contribution in [0.4, 0.5) is 17.3 Å². The van der Waals surface area contributed by atoms with Gasteiger partial charge in [0.15, 0.2) is 0 Å². The molecule has 0 amide bonds. The lowest BCUT2D eigenvalue weighted by atomic mass is 10.3. The van der Waals surface area contributed by atoms with Crippen molar-refractivity contribution in [1.29, 1.82) is 0 Å². The fraction of sp³-hybridized carbons (Fsp3) is 0.111. The van der Waals surface area contributed by atoms with Gasteiger partial charge in [-0.15, -0.1) is 0 Å². The Bertz CT molecular complexity index is 1340. The van der Waals surface area contributed by atoms with Crippen molar-refractivity contribution in [1.82, 2.24) is 9.97 Å². The van der Waals surface area contributed by atoms with E-state index in [2.05, 4.69) is 19.4 Å². The van der Waals surface area contributed by atoms with Crippen LogP contribution in [0.2, 0.25) is 0 Å². The average molecular weight is 463 g/mol. The maximum absolute atomic E-state index is 12.5. The Labute approximate surface area is 178 Å². The van der Waals surface area contributed by atoms with Crippen LogP contribution in [0.25, 0.3) is 0 Å². The largest absolute Gasteiger partial charge is 0.280 e. The summed E-state index contributed by atoms with van der Waals surface area (Å²) in [5, 5.41) is 10.9. The Hall–Kier alpha value is -3.58. The van der Waals surface area contributed by atoms with Gasteiger partial charge in [0.2, 0.25) is 5.95 Å². The minimum absolute atomic E-state index is 0.0760. The highest BCUT2D eigenvalue weighted by atomic mass is 32.2. The van der Waals surface area contributed by atoms with Crippen molar-refractivity contribution in [3.63, 3.8) is 0 Å². The topological polar surface area (TPSA) is 161 Å². The van der Waals surface area contributed by atoms with Gasteiger partial charge in [0.05, 0.1) is 14.7 Å². The lowest BCUT2D eigenvalue weighted by molar-refractivity contribution is -0.385. The fourth-order valence-electron chi connectivity index (χ4n) is 2.63. The van der Waals surface area contributed by atoms with Crippen molar-refractivity contribution in [2.45, 2.75) is 23.6 Å². The van der Waals surface area contributed by atoms with Gasteiger partial charge in [-0.2, -0.15) is 0 Å². The van der Waals surface area contributed by atoms with Gasteiger partial charge < -0.3 is 0 Å². The molecule has 0 aliphatic rings. The van der Waals surface area contributed by atoms with Crippen LogP contribution in [0.15, 0.2) is 64.4 Å². The number of nitro benzene ring substituents is 1. The van der Waals surface area contributed by atoms with E-state index in [-0.39, 0.29) is 27.1 Å². The van der Waals surface area contributed by atoms with Crippen molar-refractivity contribution >= 4 is 37.4 Å². The Balaban J connectivity index is 1.81. The molecule has 0 saturated heterocycles. The maximum Gasteiger partial charge on any atom is 0.270 e. The van der Waals surface area contributed by atoms with E-state index in [1.807, 2.05) is 0 Å². The van der Waals surface area contributed by atoms with E-state index in [0.29, 0.717) is 11.4 Å². The molecule has 3 aromatic rings. The molecule has 13 heteroatoms. The molecule has 162 valence electrons. The monoisotopic (exact) mass is 463 g/mol. The van der Waals surface area contributed by atoms with E-state index in [1.165, 1.54) is 42.5 Å². The van der Waals surface area contributed by atoms with E-state index in [4.69, 9.17) is 0 Å². The van der Waals surface area contributed by atoms with Gasteiger partial charge in [0.25, 0.3) is 25.7 Å². The maximum atomic E-state index is 12.5. The van der Waals surface area contributed by atoms with Gasteiger partial charge in [-0.05, 0) is 50.2 Å². The molecule has 0 fully saturated rings. The SMILES string of the molecule is Cc1cc(C)nc(NS(=O)(=O)c2ccc(NS(=O)(=O)c3cccc([N+](=O)[O-])c3)cc2)n1. The summed E-state index contributed by atoms with van der Waals surface area (Å²) < 4.78 is 54.6. The molecular weight excluding hydrogens is 446 g/mol. The highest BCUT2D eigenvalue weighted by Gasteiger charge is 2.19. The summed E-state index contributed by atoms with van der Waals surface area (Å²) in [7, 11) is -8.12. The zero-order valence-corrected chi connectivity index (χ0v) is 17.9. The third kappa shape index (κ3) is 5.32. The van der Waals surface area contributed by atoms with Crippen LogP contribution in [0, 0.1) is 24.0 Å². The number of nitro groups is 1. The van der Waals surface area contributed by atoms with Gasteiger partial charge >= 0.3 is 0 Å². The number of non-ortho nitro benzene ring substituents is 1. The second-order valence-corrected chi connectivity index (χ2v) is 9.83. The summed E-state index contributed by atoms with van der Waals surface area (Å²) in [5.41, 5.74) is 0.893. The molecule has 0 spiro atoms. The van der Waals surface area contributed by atoms with Crippen molar-refractivity contribution in [2.24, 2.45) is 0 Å². The Morgan fingerprint density at radius 2 is 1.39 bits per heavy atom. The number of nitrogens with zero attached hydrogens (tertiary/aromatic N) is 3. The average Bonchev–Trinajstić information content (AvgIpc) is 2.67. The summed E-state index contributed by atoms with van der Waals surface area (Å²) in [6, 6.07) is 11.2. The van der Waals surface area contributed by atoms with E-state index < -0.39 is 25.0 Å². The molecule has 0 bridgehead atoms. The number of aromatic nitrogens is 2. The Morgan fingerprint density at radius 1 is 0.806 bits per heavy atom. The highest BCUT2D eigenvalue weighted by Crippen LogP contribution is 2.22. The minimum atomic E-state index is -4.12. The number of sulfonamides is 2. The molecule has 0 saturated carbocycles. The normalized spacial score (nSPS) is 11.7. The van der Waals surface area contributed by atoms with Crippen LogP contribution in [-0.4, -0.2) is 31.7 Å². The predicted octanol–water partition coefficient (Wildman–Crippen LogP) is 2.60. The predicted molar refractivity (Wildman–Crippen MR) is 113 cm³/mol. The van der Waals surface area contributed by atoms with Crippen LogP contribution >= 0.6 is 0 Å². The molecule has 0 aliphatic heterocycles. The number of aryl methyl sites for hydroxylation is 2. The summed E-state index contributed by atoms with van der Waals surface area (Å²) in [4.78, 5) is 17.8. The van der Waals surface area contributed by atoms with Gasteiger partial charge in [-0.3, -0.25) is 14.8 Å². The first-order chi connectivity index (χ1) is 14.5. The standard InChI is InChI=1S/C18H17N5O6S2/c1-12-10-13(2)20-18(19-12)22-30(26,27)16-8-6-14(7-9-16)21-31(28,29)17-5-3-4-15(11-17)23(24)25/h3-11,21H,1-2H3,(H,19,20,22). The van der Waals surface area contributed by atoms with Crippen LogP contribution in [-0.2, 0) is 20.0 Å². The van der Waals surface area contributed by atoms with Crippen molar-refractivity contribution in [2.75, 3.05) is 9.44 Å². The lowest BCUT2D eigenvalue weighted by Gasteiger charge is -2.10. The first-order valence-electron chi connectivity index (χ1n) is 8.69. The highest BCUT2D eigenvalue weighted by molar-refractivity contribution is 7.93. The first kappa shape index (κ1) is 22.1. The molecular formula is C18H17N5O6S2. The zero-order valence-electron chi connectivity index (χ0n) is 16.3. The molecule has 0 atom stereocenters. The van der Waals surface area contributed by atoms with Crippen molar-refractivity contribution < 1.29 is 21.8 Å². The Morgan fingerprint density at radius 3 is 1.97 bits per heavy atom. The molecule has 31 heavy (non-hydrogen) atoms. The second kappa shape index (κ2) is 8.28. The molecule has 2 N–H and O–H groups in total. The number of nitrogens with one attached hydrogen (secondary N) is 2. The number of hydrogen-bond acceptors (Lipinski definition) is 8. The number of rotatable bonds is 7. The quantitative estimate of drug-likeness (QED) is 0.399. The lowest BCUT2D eigenvalue weighted by Crippen LogP contribution is -2.16. The van der Waals surface area contributed by atoms with E-state index in [1.54, 1.807) is 19.9 Å². The smallest absolute Gasteiger partial charge is 0.270 e. The van der Waals surface area contributed by atoms with Gasteiger partial charge in [-0.1, -0.05) is 6.07 Å². The summed E-state index contributed by atoms with van der Waals surface area (Å²) in [6.07, 6.45) is 0. The molecule has 2 aromatic carbocycles. The fourth-order valence-corrected chi connectivity index (χ4v) is 4.67. The molecule has 0 radical (unpaired) electrons. The molecule has 0 unspecified atom stereocenters. The molecule has 3 rings (SSSR count). The Kier molecular flexibility index (Phi) is 5.90. The number of benzene rings is 2. The van der Waals surface area contributed by atoms with E-state index in [9.17, 15) is 26.9 Å².